The molecule has 1 aliphatic carbocycles. The number of hydrogen-bond acceptors (Lipinski definition) is 6. The van der Waals surface area contributed by atoms with E-state index in [2.05, 4.69) is 33.4 Å². The van der Waals surface area contributed by atoms with Gasteiger partial charge in [-0.25, -0.2) is 0 Å². The normalized spacial score (nSPS) is 19.7. The molecule has 1 aliphatic heterocycles. The van der Waals surface area contributed by atoms with Crippen LogP contribution in [0.5, 0.6) is 17.2 Å². The highest BCUT2D eigenvalue weighted by Crippen LogP contribution is 2.55. The van der Waals surface area contributed by atoms with Crippen LogP contribution in [0.15, 0.2) is 65.2 Å². The fourth-order valence-corrected chi connectivity index (χ4v) is 5.82. The first-order chi connectivity index (χ1) is 17.4. The van der Waals surface area contributed by atoms with E-state index in [4.69, 9.17) is 25.8 Å². The number of halogens is 2. The van der Waals surface area contributed by atoms with E-state index < -0.39 is 0 Å². The topological polar surface area (TPSA) is 82.9 Å². The van der Waals surface area contributed by atoms with E-state index in [0.29, 0.717) is 40.1 Å². The van der Waals surface area contributed by atoms with Gasteiger partial charge in [-0.1, -0.05) is 35.9 Å². The summed E-state index contributed by atoms with van der Waals surface area (Å²) in [5.41, 5.74) is 3.39. The van der Waals surface area contributed by atoms with Crippen molar-refractivity contribution < 1.29 is 19.1 Å². The van der Waals surface area contributed by atoms with Crippen LogP contribution in [0.4, 0.5) is 11.4 Å². The molecule has 0 unspecified atom stereocenters. The number of nitrogens with one attached hydrogen (secondary N) is 1. The van der Waals surface area contributed by atoms with Gasteiger partial charge in [-0.15, -0.1) is 0 Å². The lowest BCUT2D eigenvalue weighted by atomic mass is 9.76. The minimum atomic E-state index is -0.323. The predicted octanol–water partition coefficient (Wildman–Crippen LogP) is 7.43. The number of fused-ring (bicyclic) bond motifs is 3. The van der Waals surface area contributed by atoms with Gasteiger partial charge >= 0.3 is 0 Å². The van der Waals surface area contributed by atoms with Gasteiger partial charge in [0.25, 0.3) is 5.69 Å². The second kappa shape index (κ2) is 10.0. The number of nitrogens with zero attached hydrogens (tertiary/aromatic N) is 1. The van der Waals surface area contributed by atoms with E-state index in [1.807, 2.05) is 36.4 Å². The lowest BCUT2D eigenvalue weighted by Crippen LogP contribution is -2.30. The number of ether oxygens (including phenoxy) is 3. The predicted molar refractivity (Wildman–Crippen MR) is 142 cm³/mol. The smallest absolute Gasteiger partial charge is 0.275 e. The lowest BCUT2D eigenvalue weighted by Gasteiger charge is -2.38. The highest BCUT2D eigenvalue weighted by atomic mass is 79.9. The molecule has 0 radical (unpaired) electrons. The van der Waals surface area contributed by atoms with Gasteiger partial charge in [0, 0.05) is 17.0 Å². The second-order valence-corrected chi connectivity index (χ2v) is 10.0. The molecule has 1 heterocycles. The van der Waals surface area contributed by atoms with Gasteiger partial charge in [-0.2, -0.15) is 0 Å². The molecule has 5 rings (SSSR count). The molecule has 7 nitrogen and oxygen atoms in total. The van der Waals surface area contributed by atoms with Crippen molar-refractivity contribution in [3.8, 4) is 17.2 Å². The summed E-state index contributed by atoms with van der Waals surface area (Å²) in [4.78, 5) is 11.5. The molecule has 0 saturated carbocycles. The number of methoxy groups -OCH3 is 2. The maximum absolute atomic E-state index is 11.8. The molecule has 0 fully saturated rings. The zero-order chi connectivity index (χ0) is 25.4. The second-order valence-electron chi connectivity index (χ2n) is 8.76. The van der Waals surface area contributed by atoms with E-state index in [1.165, 1.54) is 6.07 Å². The Morgan fingerprint density at radius 2 is 1.86 bits per heavy atom. The number of hydrogen-bond donors (Lipinski definition) is 1. The Balaban J connectivity index is 1.51. The Morgan fingerprint density at radius 3 is 2.56 bits per heavy atom. The van der Waals surface area contributed by atoms with E-state index in [1.54, 1.807) is 20.3 Å². The van der Waals surface area contributed by atoms with Crippen LogP contribution in [0.2, 0.25) is 5.02 Å². The highest BCUT2D eigenvalue weighted by molar-refractivity contribution is 9.10. The molecule has 186 valence electrons. The molecule has 0 spiro atoms. The molecule has 3 atom stereocenters. The minimum absolute atomic E-state index is 0.0979. The number of rotatable bonds is 7. The summed E-state index contributed by atoms with van der Waals surface area (Å²) in [6.45, 7) is 0.357. The first-order valence-electron chi connectivity index (χ1n) is 11.4. The van der Waals surface area contributed by atoms with Crippen LogP contribution in [0.25, 0.3) is 0 Å². The first kappa shape index (κ1) is 24.5. The van der Waals surface area contributed by atoms with Crippen molar-refractivity contribution in [3.05, 3.63) is 97.0 Å². The number of anilines is 1. The number of nitro groups is 1. The van der Waals surface area contributed by atoms with Gasteiger partial charge in [0.2, 0.25) is 0 Å². The Hall–Kier alpha value is -3.23. The molecule has 0 aromatic heterocycles. The van der Waals surface area contributed by atoms with Crippen LogP contribution in [-0.4, -0.2) is 19.1 Å². The minimum Gasteiger partial charge on any atom is -0.495 e. The summed E-state index contributed by atoms with van der Waals surface area (Å²) in [6, 6.07) is 14.5. The Morgan fingerprint density at radius 1 is 1.11 bits per heavy atom. The molecular formula is C27H24BrClN2O5. The van der Waals surface area contributed by atoms with Crippen LogP contribution in [-0.2, 0) is 6.61 Å². The highest BCUT2D eigenvalue weighted by Gasteiger charge is 2.43. The molecule has 9 heteroatoms. The summed E-state index contributed by atoms with van der Waals surface area (Å²) in [5.74, 6) is 1.76. The van der Waals surface area contributed by atoms with Crippen molar-refractivity contribution in [2.24, 2.45) is 5.92 Å². The van der Waals surface area contributed by atoms with Crippen LogP contribution < -0.4 is 19.5 Å². The van der Waals surface area contributed by atoms with Crippen LogP contribution in [0.1, 0.15) is 35.1 Å². The van der Waals surface area contributed by atoms with Crippen molar-refractivity contribution in [3.63, 3.8) is 0 Å². The van der Waals surface area contributed by atoms with Crippen molar-refractivity contribution in [2.75, 3.05) is 19.5 Å². The summed E-state index contributed by atoms with van der Waals surface area (Å²) >= 11 is 9.66. The van der Waals surface area contributed by atoms with E-state index in [-0.39, 0.29) is 28.5 Å². The van der Waals surface area contributed by atoms with Crippen molar-refractivity contribution in [1.82, 2.24) is 0 Å². The molecule has 0 amide bonds. The molecule has 1 N–H and O–H groups in total. The van der Waals surface area contributed by atoms with Gasteiger partial charge in [-0.05, 0) is 69.7 Å². The molecule has 2 aliphatic rings. The van der Waals surface area contributed by atoms with Crippen molar-refractivity contribution in [1.29, 1.82) is 0 Å². The zero-order valence-corrected chi connectivity index (χ0v) is 22.0. The van der Waals surface area contributed by atoms with Gasteiger partial charge in [0.15, 0.2) is 11.5 Å². The average Bonchev–Trinajstić information content (AvgIpc) is 3.37. The number of allylic oxidation sites excluding steroid dienone is 2. The summed E-state index contributed by atoms with van der Waals surface area (Å²) < 4.78 is 18.1. The quantitative estimate of drug-likeness (QED) is 0.180. The zero-order valence-electron chi connectivity index (χ0n) is 19.7. The molecular weight excluding hydrogens is 548 g/mol. The summed E-state index contributed by atoms with van der Waals surface area (Å²) in [7, 11) is 3.18. The van der Waals surface area contributed by atoms with E-state index >= 15 is 0 Å². The summed E-state index contributed by atoms with van der Waals surface area (Å²) in [6.07, 6.45) is 4.96. The standard InChI is InChI=1S/C27H24BrClN2O5/c1-34-22-11-10-21(31(32)33)24-18-4-3-5-19(18)25(30-26(22)24)16-12-20(28)27(23(13-16)35-2)36-14-15-6-8-17(29)9-7-15/h3-4,6-13,18-19,25,30H,5,14H2,1-2H3/t18-,19-,25+/m0/s1. The third-order valence-corrected chi connectivity index (χ3v) is 7.62. The molecule has 0 bridgehead atoms. The van der Waals surface area contributed by atoms with Gasteiger partial charge in [0.05, 0.1) is 40.9 Å². The maximum atomic E-state index is 11.8. The first-order valence-corrected chi connectivity index (χ1v) is 12.6. The fourth-order valence-electron chi connectivity index (χ4n) is 5.12. The van der Waals surface area contributed by atoms with E-state index in [0.717, 1.165) is 22.0 Å². The Kier molecular flexibility index (Phi) is 6.81. The third kappa shape index (κ3) is 4.40. The van der Waals surface area contributed by atoms with Crippen LogP contribution in [0.3, 0.4) is 0 Å². The number of nitro benzene ring substituents is 1. The average molecular weight is 572 g/mol. The SMILES string of the molecule is COc1ccc([N+](=O)[O-])c2c1N[C@H](c1cc(Br)c(OCc3ccc(Cl)cc3)c(OC)c1)[C@H]1CC=C[C@H]21. The summed E-state index contributed by atoms with van der Waals surface area (Å²) in [5, 5.41) is 16.1. The third-order valence-electron chi connectivity index (χ3n) is 6.78. The van der Waals surface area contributed by atoms with Gasteiger partial charge < -0.3 is 19.5 Å². The Labute approximate surface area is 222 Å². The van der Waals surface area contributed by atoms with Gasteiger partial charge in [0.1, 0.15) is 12.4 Å². The van der Waals surface area contributed by atoms with Crippen molar-refractivity contribution >= 4 is 38.9 Å². The van der Waals surface area contributed by atoms with Gasteiger partial charge in [-0.3, -0.25) is 10.1 Å². The Bertz CT molecular complexity index is 1340. The largest absolute Gasteiger partial charge is 0.495 e. The van der Waals surface area contributed by atoms with E-state index in [9.17, 15) is 10.1 Å². The monoisotopic (exact) mass is 570 g/mol. The number of benzene rings is 3. The molecule has 3 aromatic rings. The van der Waals surface area contributed by atoms with Crippen molar-refractivity contribution in [2.45, 2.75) is 25.0 Å². The van der Waals surface area contributed by atoms with Crippen LogP contribution in [0, 0.1) is 16.0 Å². The molecule has 3 aromatic carbocycles. The molecule has 0 saturated heterocycles. The fraction of sp³-hybridized carbons (Fsp3) is 0.259. The van der Waals surface area contributed by atoms with Crippen LogP contribution >= 0.6 is 27.5 Å². The lowest BCUT2D eigenvalue weighted by molar-refractivity contribution is -0.385. The maximum Gasteiger partial charge on any atom is 0.275 e. The molecule has 36 heavy (non-hydrogen) atoms.